The maximum atomic E-state index is 12.4. The summed E-state index contributed by atoms with van der Waals surface area (Å²) in [4.78, 5) is 26.9. The molecule has 1 aromatic heterocycles. The van der Waals surface area contributed by atoms with Crippen molar-refractivity contribution in [1.82, 2.24) is 4.72 Å². The fourth-order valence-electron chi connectivity index (χ4n) is 3.15. The number of morpholine rings is 1. The molecular formula is C21H25N3O7S. The fourth-order valence-corrected chi connectivity index (χ4v) is 4.38. The molecule has 0 spiro atoms. The summed E-state index contributed by atoms with van der Waals surface area (Å²) in [5.74, 6) is -1.74. The van der Waals surface area contributed by atoms with Crippen molar-refractivity contribution in [3.63, 3.8) is 0 Å². The molecule has 4 rings (SSSR count). The van der Waals surface area contributed by atoms with Crippen molar-refractivity contribution in [2.24, 2.45) is 0 Å². The number of esters is 1. The van der Waals surface area contributed by atoms with Crippen LogP contribution in [0.5, 0.6) is 0 Å². The first-order chi connectivity index (χ1) is 15.3. The van der Waals surface area contributed by atoms with E-state index < -0.39 is 28.0 Å². The molecule has 2 fully saturated rings. The number of carbonyl (C=O) groups excluding carboxylic acids is 2. The van der Waals surface area contributed by atoms with Gasteiger partial charge in [-0.05, 0) is 56.2 Å². The quantitative estimate of drug-likeness (QED) is 0.567. The maximum absolute atomic E-state index is 12.4. The molecule has 172 valence electrons. The smallest absolute Gasteiger partial charge is 0.375 e. The van der Waals surface area contributed by atoms with Crippen LogP contribution in [0.15, 0.2) is 45.9 Å². The number of hydrogen-bond acceptors (Lipinski definition) is 8. The minimum absolute atomic E-state index is 0.0906. The summed E-state index contributed by atoms with van der Waals surface area (Å²) < 4.78 is 42.4. The van der Waals surface area contributed by atoms with E-state index >= 15 is 0 Å². The standard InChI is InChI=1S/C21H25N3O7S/c1-14(20(25)22-15-4-6-17(7-5-15)24-10-12-29-13-11-24)30-21(26)18-8-9-19(31-18)32(27,28)23-16-2-3-16/h4-9,14,16,23H,2-3,10-13H2,1H3,(H,22,25). The lowest BCUT2D eigenvalue weighted by molar-refractivity contribution is -0.123. The van der Waals surface area contributed by atoms with E-state index in [4.69, 9.17) is 13.9 Å². The van der Waals surface area contributed by atoms with Crippen LogP contribution in [0, 0.1) is 0 Å². The topological polar surface area (TPSA) is 127 Å². The lowest BCUT2D eigenvalue weighted by Gasteiger charge is -2.28. The first-order valence-electron chi connectivity index (χ1n) is 10.4. The van der Waals surface area contributed by atoms with Crippen molar-refractivity contribution in [1.29, 1.82) is 0 Å². The van der Waals surface area contributed by atoms with Gasteiger partial charge in [0.1, 0.15) is 0 Å². The van der Waals surface area contributed by atoms with Crippen LogP contribution in [-0.4, -0.2) is 58.7 Å². The molecule has 1 aromatic carbocycles. The lowest BCUT2D eigenvalue weighted by Crippen LogP contribution is -2.36. The second-order valence-corrected chi connectivity index (χ2v) is 9.34. The van der Waals surface area contributed by atoms with Gasteiger partial charge in [-0.1, -0.05) is 0 Å². The molecule has 11 heteroatoms. The predicted octanol–water partition coefficient (Wildman–Crippen LogP) is 1.74. The second-order valence-electron chi connectivity index (χ2n) is 7.70. The number of amides is 1. The molecule has 1 saturated heterocycles. The van der Waals surface area contributed by atoms with Crippen LogP contribution in [0.25, 0.3) is 0 Å². The number of hydrogen-bond donors (Lipinski definition) is 2. The van der Waals surface area contributed by atoms with E-state index in [1.54, 1.807) is 12.1 Å². The largest absolute Gasteiger partial charge is 0.447 e. The minimum Gasteiger partial charge on any atom is -0.447 e. The zero-order chi connectivity index (χ0) is 22.7. The Kier molecular flexibility index (Phi) is 6.49. The van der Waals surface area contributed by atoms with E-state index in [1.165, 1.54) is 19.1 Å². The van der Waals surface area contributed by atoms with Gasteiger partial charge in [-0.25, -0.2) is 17.9 Å². The Hall–Kier alpha value is -2.89. The van der Waals surface area contributed by atoms with Gasteiger partial charge in [0.15, 0.2) is 6.10 Å². The third kappa shape index (κ3) is 5.47. The first-order valence-corrected chi connectivity index (χ1v) is 11.9. The number of furan rings is 1. The molecule has 1 unspecified atom stereocenters. The molecule has 2 N–H and O–H groups in total. The van der Waals surface area contributed by atoms with Gasteiger partial charge in [-0.3, -0.25) is 4.79 Å². The van der Waals surface area contributed by atoms with Gasteiger partial charge in [0, 0.05) is 30.5 Å². The summed E-state index contributed by atoms with van der Waals surface area (Å²) in [5, 5.41) is 2.32. The highest BCUT2D eigenvalue weighted by Crippen LogP contribution is 2.23. The van der Waals surface area contributed by atoms with Crippen molar-refractivity contribution >= 4 is 33.3 Å². The van der Waals surface area contributed by atoms with Crippen LogP contribution >= 0.6 is 0 Å². The molecule has 1 saturated carbocycles. The monoisotopic (exact) mass is 463 g/mol. The highest BCUT2D eigenvalue weighted by atomic mass is 32.2. The van der Waals surface area contributed by atoms with Gasteiger partial charge in [0.2, 0.25) is 10.9 Å². The molecule has 1 aliphatic carbocycles. The van der Waals surface area contributed by atoms with Gasteiger partial charge in [0.05, 0.1) is 13.2 Å². The van der Waals surface area contributed by atoms with E-state index in [-0.39, 0.29) is 16.9 Å². The van der Waals surface area contributed by atoms with E-state index in [1.807, 2.05) is 12.1 Å². The molecule has 1 atom stereocenters. The summed E-state index contributed by atoms with van der Waals surface area (Å²) in [6.07, 6.45) is 0.436. The van der Waals surface area contributed by atoms with Crippen LogP contribution in [0.1, 0.15) is 30.3 Å². The van der Waals surface area contributed by atoms with E-state index in [2.05, 4.69) is 14.9 Å². The van der Waals surface area contributed by atoms with E-state index in [0.29, 0.717) is 18.9 Å². The SMILES string of the molecule is CC(OC(=O)c1ccc(S(=O)(=O)NC2CC2)o1)C(=O)Nc1ccc(N2CCOCC2)cc1. The number of ether oxygens (including phenoxy) is 2. The molecule has 32 heavy (non-hydrogen) atoms. The molecule has 2 aliphatic rings. The lowest BCUT2D eigenvalue weighted by atomic mass is 10.2. The number of nitrogens with one attached hydrogen (secondary N) is 2. The average Bonchev–Trinajstić information content (AvgIpc) is 3.43. The zero-order valence-electron chi connectivity index (χ0n) is 17.6. The number of anilines is 2. The molecule has 1 amide bonds. The highest BCUT2D eigenvalue weighted by molar-refractivity contribution is 7.89. The molecule has 2 aromatic rings. The van der Waals surface area contributed by atoms with Crippen LogP contribution < -0.4 is 14.9 Å². The van der Waals surface area contributed by atoms with Gasteiger partial charge in [0.25, 0.3) is 15.9 Å². The van der Waals surface area contributed by atoms with Crippen LogP contribution in [0.4, 0.5) is 11.4 Å². The second kappa shape index (κ2) is 9.31. The summed E-state index contributed by atoms with van der Waals surface area (Å²) >= 11 is 0. The minimum atomic E-state index is -3.82. The Bertz CT molecular complexity index is 1070. The van der Waals surface area contributed by atoms with E-state index in [9.17, 15) is 18.0 Å². The fraction of sp³-hybridized carbons (Fsp3) is 0.429. The normalized spacial score (nSPS) is 17.6. The number of carbonyl (C=O) groups is 2. The number of benzene rings is 1. The third-order valence-electron chi connectivity index (χ3n) is 5.11. The van der Waals surface area contributed by atoms with Gasteiger partial charge < -0.3 is 24.1 Å². The van der Waals surface area contributed by atoms with Crippen molar-refractivity contribution in [2.45, 2.75) is 37.0 Å². The molecule has 10 nitrogen and oxygen atoms in total. The van der Waals surface area contributed by atoms with Crippen molar-refractivity contribution in [3.05, 3.63) is 42.2 Å². The summed E-state index contributed by atoms with van der Waals surface area (Å²) in [7, 11) is -3.82. The molecule has 0 radical (unpaired) electrons. The van der Waals surface area contributed by atoms with Gasteiger partial charge in [-0.15, -0.1) is 0 Å². The summed E-state index contributed by atoms with van der Waals surface area (Å²) in [6.45, 7) is 4.41. The third-order valence-corrected chi connectivity index (χ3v) is 6.50. The summed E-state index contributed by atoms with van der Waals surface area (Å²) in [5.41, 5.74) is 1.60. The van der Waals surface area contributed by atoms with Gasteiger partial charge >= 0.3 is 5.97 Å². The van der Waals surface area contributed by atoms with E-state index in [0.717, 1.165) is 31.6 Å². The van der Waals surface area contributed by atoms with Crippen LogP contribution in [0.3, 0.4) is 0 Å². The molecule has 2 heterocycles. The average molecular weight is 464 g/mol. The molecule has 1 aliphatic heterocycles. The van der Waals surface area contributed by atoms with Crippen molar-refractivity contribution < 1.29 is 31.9 Å². The zero-order valence-corrected chi connectivity index (χ0v) is 18.4. The molecular weight excluding hydrogens is 438 g/mol. The first kappa shape index (κ1) is 22.3. The van der Waals surface area contributed by atoms with Crippen LogP contribution in [0.2, 0.25) is 0 Å². The van der Waals surface area contributed by atoms with Crippen molar-refractivity contribution in [3.8, 4) is 0 Å². The Morgan fingerprint density at radius 1 is 1.09 bits per heavy atom. The maximum Gasteiger partial charge on any atom is 0.375 e. The van der Waals surface area contributed by atoms with Crippen LogP contribution in [-0.2, 0) is 24.3 Å². The Morgan fingerprint density at radius 3 is 2.44 bits per heavy atom. The van der Waals surface area contributed by atoms with Crippen molar-refractivity contribution in [2.75, 3.05) is 36.5 Å². The Balaban J connectivity index is 1.31. The number of nitrogens with zero attached hydrogens (tertiary/aromatic N) is 1. The van der Waals surface area contributed by atoms with Gasteiger partial charge in [-0.2, -0.15) is 0 Å². The molecule has 0 bridgehead atoms. The highest BCUT2D eigenvalue weighted by Gasteiger charge is 2.31. The predicted molar refractivity (Wildman–Crippen MR) is 115 cm³/mol. The summed E-state index contributed by atoms with van der Waals surface area (Å²) in [6, 6.07) is 9.64. The number of rotatable bonds is 8. The number of sulfonamides is 1. The Morgan fingerprint density at radius 2 is 1.78 bits per heavy atom. The Labute approximate surface area is 185 Å².